The van der Waals surface area contributed by atoms with Gasteiger partial charge in [-0.2, -0.15) is 0 Å². The number of aliphatic hydroxyl groups is 1. The summed E-state index contributed by atoms with van der Waals surface area (Å²) < 4.78 is 15.8. The maximum Gasteiger partial charge on any atom is 0.339 e. The van der Waals surface area contributed by atoms with Crippen LogP contribution in [0.5, 0.6) is 17.2 Å². The molecule has 114 valence electrons. The molecule has 5 nitrogen and oxygen atoms in total. The molecule has 1 rings (SSSR count). The van der Waals surface area contributed by atoms with Crippen molar-refractivity contribution >= 4 is 12.0 Å². The predicted molar refractivity (Wildman–Crippen MR) is 80.7 cm³/mol. The Balaban J connectivity index is 3.24. The summed E-state index contributed by atoms with van der Waals surface area (Å²) in [6.45, 7) is 3.36. The molecule has 0 aliphatic rings. The molecule has 0 saturated heterocycles. The van der Waals surface area contributed by atoms with Gasteiger partial charge in [-0.1, -0.05) is 18.2 Å². The van der Waals surface area contributed by atoms with E-state index in [0.717, 1.165) is 5.56 Å². The molecule has 0 heterocycles. The highest BCUT2D eigenvalue weighted by Crippen LogP contribution is 2.39. The zero-order valence-electron chi connectivity index (χ0n) is 12.7. The van der Waals surface area contributed by atoms with Crippen LogP contribution in [-0.4, -0.2) is 31.9 Å². The van der Waals surface area contributed by atoms with Crippen molar-refractivity contribution in [3.63, 3.8) is 0 Å². The average Bonchev–Trinajstić information content (AvgIpc) is 2.52. The fourth-order valence-corrected chi connectivity index (χ4v) is 1.58. The summed E-state index contributed by atoms with van der Waals surface area (Å²) in [4.78, 5) is 11.9. The largest absolute Gasteiger partial charge is 0.493 e. The van der Waals surface area contributed by atoms with E-state index in [9.17, 15) is 4.79 Å². The monoisotopic (exact) mass is 292 g/mol. The predicted octanol–water partition coefficient (Wildman–Crippen LogP) is 2.58. The molecule has 0 saturated carbocycles. The van der Waals surface area contributed by atoms with Crippen LogP contribution in [0, 0.1) is 0 Å². The first kappa shape index (κ1) is 16.8. The van der Waals surface area contributed by atoms with Gasteiger partial charge in [-0.25, -0.2) is 4.79 Å². The number of hydrogen-bond acceptors (Lipinski definition) is 5. The summed E-state index contributed by atoms with van der Waals surface area (Å²) in [5, 5.41) is 8.82. The third-order valence-electron chi connectivity index (χ3n) is 2.85. The van der Waals surface area contributed by atoms with E-state index < -0.39 is 5.97 Å². The van der Waals surface area contributed by atoms with Crippen molar-refractivity contribution in [3.8, 4) is 17.2 Å². The lowest BCUT2D eigenvalue weighted by Crippen LogP contribution is -2.10. The Morgan fingerprint density at radius 1 is 1.24 bits per heavy atom. The van der Waals surface area contributed by atoms with Crippen LogP contribution in [0.3, 0.4) is 0 Å². The SMILES string of the molecule is CC=C(C)C(=O)Oc1c(OC)cc(C=CCO)cc1OC. The Hall–Kier alpha value is -2.27. The van der Waals surface area contributed by atoms with Crippen LogP contribution in [0.25, 0.3) is 6.08 Å². The number of ether oxygens (including phenoxy) is 3. The summed E-state index contributed by atoms with van der Waals surface area (Å²) in [7, 11) is 2.96. The van der Waals surface area contributed by atoms with E-state index in [-0.39, 0.29) is 12.4 Å². The zero-order chi connectivity index (χ0) is 15.8. The van der Waals surface area contributed by atoms with Crippen LogP contribution in [-0.2, 0) is 4.79 Å². The van der Waals surface area contributed by atoms with Crippen LogP contribution in [0.15, 0.2) is 29.9 Å². The summed E-state index contributed by atoms with van der Waals surface area (Å²) >= 11 is 0. The number of methoxy groups -OCH3 is 2. The number of hydrogen-bond donors (Lipinski definition) is 1. The molecule has 0 amide bonds. The van der Waals surface area contributed by atoms with Gasteiger partial charge in [0.2, 0.25) is 5.75 Å². The van der Waals surface area contributed by atoms with Crippen molar-refractivity contribution < 1.29 is 24.1 Å². The lowest BCUT2D eigenvalue weighted by molar-refractivity contribution is -0.130. The third kappa shape index (κ3) is 4.36. The number of carbonyl (C=O) groups is 1. The molecule has 0 bridgehead atoms. The lowest BCUT2D eigenvalue weighted by Gasteiger charge is -2.14. The van der Waals surface area contributed by atoms with E-state index in [0.29, 0.717) is 17.1 Å². The van der Waals surface area contributed by atoms with E-state index in [1.54, 1.807) is 44.2 Å². The molecule has 21 heavy (non-hydrogen) atoms. The molecule has 0 fully saturated rings. The topological polar surface area (TPSA) is 65.0 Å². The second-order valence-electron chi connectivity index (χ2n) is 4.20. The van der Waals surface area contributed by atoms with Crippen molar-refractivity contribution in [3.05, 3.63) is 35.4 Å². The van der Waals surface area contributed by atoms with Crippen LogP contribution in [0.2, 0.25) is 0 Å². The van der Waals surface area contributed by atoms with Gasteiger partial charge in [-0.05, 0) is 31.5 Å². The first-order valence-electron chi connectivity index (χ1n) is 6.45. The minimum atomic E-state index is -0.465. The highest BCUT2D eigenvalue weighted by atomic mass is 16.6. The van der Waals surface area contributed by atoms with E-state index in [2.05, 4.69) is 0 Å². The van der Waals surface area contributed by atoms with Gasteiger partial charge < -0.3 is 19.3 Å². The minimum absolute atomic E-state index is 0.0676. The van der Waals surface area contributed by atoms with Gasteiger partial charge in [0.25, 0.3) is 0 Å². The van der Waals surface area contributed by atoms with Crippen molar-refractivity contribution in [2.75, 3.05) is 20.8 Å². The van der Waals surface area contributed by atoms with Gasteiger partial charge in [0.1, 0.15) is 0 Å². The summed E-state index contributed by atoms with van der Waals surface area (Å²) in [5.41, 5.74) is 1.25. The van der Waals surface area contributed by atoms with Crippen LogP contribution < -0.4 is 14.2 Å². The molecule has 5 heteroatoms. The molecule has 0 aromatic heterocycles. The van der Waals surface area contributed by atoms with Crippen LogP contribution >= 0.6 is 0 Å². The Morgan fingerprint density at radius 2 is 1.81 bits per heavy atom. The van der Waals surface area contributed by atoms with Crippen LogP contribution in [0.1, 0.15) is 19.4 Å². The standard InChI is InChI=1S/C16H20O5/c1-5-11(2)16(18)21-15-13(19-3)9-12(7-6-8-17)10-14(15)20-4/h5-7,9-10,17H,8H2,1-4H3. The number of allylic oxidation sites excluding steroid dienone is 1. The number of aliphatic hydroxyl groups excluding tert-OH is 1. The fraction of sp³-hybridized carbons (Fsp3) is 0.312. The number of rotatable bonds is 6. The van der Waals surface area contributed by atoms with Crippen molar-refractivity contribution in [2.24, 2.45) is 0 Å². The maximum atomic E-state index is 11.9. The summed E-state index contributed by atoms with van der Waals surface area (Å²) in [6, 6.07) is 3.39. The molecule has 1 aromatic carbocycles. The second kappa shape index (κ2) is 8.11. The molecule has 1 aromatic rings. The Kier molecular flexibility index (Phi) is 6.49. The second-order valence-corrected chi connectivity index (χ2v) is 4.20. The van der Waals surface area contributed by atoms with Crippen molar-refractivity contribution in [1.29, 1.82) is 0 Å². The summed E-state index contributed by atoms with van der Waals surface area (Å²) in [6.07, 6.45) is 4.97. The van der Waals surface area contributed by atoms with Gasteiger partial charge >= 0.3 is 5.97 Å². The minimum Gasteiger partial charge on any atom is -0.493 e. The molecular weight excluding hydrogens is 272 g/mol. The molecule has 0 radical (unpaired) electrons. The highest BCUT2D eigenvalue weighted by molar-refractivity contribution is 5.90. The molecular formula is C16H20O5. The number of benzene rings is 1. The summed E-state index contributed by atoms with van der Waals surface area (Å²) in [5.74, 6) is 0.522. The quantitative estimate of drug-likeness (QED) is 0.496. The zero-order valence-corrected chi connectivity index (χ0v) is 12.7. The fourth-order valence-electron chi connectivity index (χ4n) is 1.58. The lowest BCUT2D eigenvalue weighted by atomic mass is 10.1. The van der Waals surface area contributed by atoms with E-state index in [1.807, 2.05) is 0 Å². The molecule has 0 atom stereocenters. The Labute approximate surface area is 124 Å². The number of carbonyl (C=O) groups excluding carboxylic acids is 1. The third-order valence-corrected chi connectivity index (χ3v) is 2.85. The van der Waals surface area contributed by atoms with E-state index >= 15 is 0 Å². The van der Waals surface area contributed by atoms with Crippen molar-refractivity contribution in [2.45, 2.75) is 13.8 Å². The first-order valence-corrected chi connectivity index (χ1v) is 6.45. The number of esters is 1. The molecule has 0 aliphatic carbocycles. The van der Waals surface area contributed by atoms with Gasteiger partial charge in [0.05, 0.1) is 20.8 Å². The average molecular weight is 292 g/mol. The normalized spacial score (nSPS) is 11.6. The molecule has 0 unspecified atom stereocenters. The van der Waals surface area contributed by atoms with Gasteiger partial charge in [-0.3, -0.25) is 0 Å². The Bertz CT molecular complexity index is 533. The van der Waals surface area contributed by atoms with E-state index in [4.69, 9.17) is 19.3 Å². The Morgan fingerprint density at radius 3 is 2.24 bits per heavy atom. The maximum absolute atomic E-state index is 11.9. The van der Waals surface area contributed by atoms with E-state index in [1.165, 1.54) is 14.2 Å². The highest BCUT2D eigenvalue weighted by Gasteiger charge is 2.17. The van der Waals surface area contributed by atoms with Gasteiger partial charge in [0.15, 0.2) is 11.5 Å². The van der Waals surface area contributed by atoms with Gasteiger partial charge in [-0.15, -0.1) is 0 Å². The smallest absolute Gasteiger partial charge is 0.339 e. The molecule has 0 spiro atoms. The first-order chi connectivity index (χ1) is 10.1. The van der Waals surface area contributed by atoms with Crippen LogP contribution in [0.4, 0.5) is 0 Å². The molecule has 1 N–H and O–H groups in total. The molecule has 0 aliphatic heterocycles. The van der Waals surface area contributed by atoms with Gasteiger partial charge in [0, 0.05) is 5.57 Å². The van der Waals surface area contributed by atoms with Crippen molar-refractivity contribution in [1.82, 2.24) is 0 Å².